The molecule has 0 aliphatic heterocycles. The van der Waals surface area contributed by atoms with Crippen LogP contribution in [0.5, 0.6) is 0 Å². The second kappa shape index (κ2) is 4.60. The van der Waals surface area contributed by atoms with E-state index in [4.69, 9.17) is 28.9 Å². The summed E-state index contributed by atoms with van der Waals surface area (Å²) in [7, 11) is 0. The van der Waals surface area contributed by atoms with Crippen molar-refractivity contribution in [3.05, 3.63) is 28.2 Å². The van der Waals surface area contributed by atoms with Crippen LogP contribution in [-0.4, -0.2) is 6.03 Å². The molecule has 0 bridgehead atoms. The van der Waals surface area contributed by atoms with E-state index in [2.05, 4.69) is 4.72 Å². The van der Waals surface area contributed by atoms with Crippen molar-refractivity contribution in [2.45, 2.75) is 4.90 Å². The van der Waals surface area contributed by atoms with Crippen LogP contribution in [0.25, 0.3) is 0 Å². The van der Waals surface area contributed by atoms with Crippen molar-refractivity contribution in [1.29, 1.82) is 0 Å². The number of urea groups is 1. The number of hydrogen-bond donors (Lipinski definition) is 2. The fourth-order valence-electron chi connectivity index (χ4n) is 0.650. The largest absolute Gasteiger partial charge is 0.351 e. The smallest absolute Gasteiger partial charge is 0.322 e. The first-order valence-electron chi connectivity index (χ1n) is 3.27. The van der Waals surface area contributed by atoms with Crippen molar-refractivity contribution in [3.63, 3.8) is 0 Å². The normalized spacial score (nSPS) is 9.69. The van der Waals surface area contributed by atoms with Crippen molar-refractivity contribution in [2.75, 3.05) is 0 Å². The summed E-state index contributed by atoms with van der Waals surface area (Å²) < 4.78 is 2.36. The van der Waals surface area contributed by atoms with Gasteiger partial charge in [0.1, 0.15) is 0 Å². The average Bonchev–Trinajstić information content (AvgIpc) is 2.07. The molecule has 0 fully saturated rings. The van der Waals surface area contributed by atoms with Crippen molar-refractivity contribution in [3.8, 4) is 0 Å². The van der Waals surface area contributed by atoms with Crippen molar-refractivity contribution >= 4 is 41.2 Å². The van der Waals surface area contributed by atoms with E-state index < -0.39 is 6.03 Å². The van der Waals surface area contributed by atoms with Gasteiger partial charge in [-0.3, -0.25) is 4.72 Å². The molecule has 0 heterocycles. The fourth-order valence-corrected chi connectivity index (χ4v) is 1.54. The first-order valence-corrected chi connectivity index (χ1v) is 4.84. The highest BCUT2D eigenvalue weighted by Crippen LogP contribution is 2.26. The number of carbonyl (C=O) groups excluding carboxylic acids is 1. The lowest BCUT2D eigenvalue weighted by Gasteiger charge is -2.01. The van der Waals surface area contributed by atoms with E-state index in [1.165, 1.54) is 0 Å². The lowest BCUT2D eigenvalue weighted by molar-refractivity contribution is 0.254. The topological polar surface area (TPSA) is 55.1 Å². The predicted octanol–water partition coefficient (Wildman–Crippen LogP) is 2.67. The maximum Gasteiger partial charge on any atom is 0.322 e. The quantitative estimate of drug-likeness (QED) is 0.777. The third-order valence-electron chi connectivity index (χ3n) is 1.16. The molecule has 0 aromatic heterocycles. The van der Waals surface area contributed by atoms with E-state index in [0.717, 1.165) is 16.8 Å². The molecule has 0 saturated carbocycles. The SMILES string of the molecule is NC(=O)NSc1ccc(Cl)c(Cl)c1. The fraction of sp³-hybridized carbons (Fsp3) is 0. The van der Waals surface area contributed by atoms with Crippen LogP contribution in [0, 0.1) is 0 Å². The molecule has 70 valence electrons. The molecule has 1 aromatic carbocycles. The Morgan fingerprint density at radius 3 is 2.62 bits per heavy atom. The molecule has 1 aromatic rings. The summed E-state index contributed by atoms with van der Waals surface area (Å²) >= 11 is 12.5. The van der Waals surface area contributed by atoms with Gasteiger partial charge in [0.25, 0.3) is 0 Å². The van der Waals surface area contributed by atoms with Gasteiger partial charge in [0, 0.05) is 4.90 Å². The van der Waals surface area contributed by atoms with E-state index in [9.17, 15) is 4.79 Å². The van der Waals surface area contributed by atoms with Gasteiger partial charge in [0.15, 0.2) is 0 Å². The Bertz CT molecular complexity index is 332. The summed E-state index contributed by atoms with van der Waals surface area (Å²) in [5.41, 5.74) is 4.88. The van der Waals surface area contributed by atoms with Crippen LogP contribution in [0.15, 0.2) is 23.1 Å². The predicted molar refractivity (Wildman–Crippen MR) is 55.0 cm³/mol. The van der Waals surface area contributed by atoms with E-state index in [-0.39, 0.29) is 0 Å². The van der Waals surface area contributed by atoms with Crippen molar-refractivity contribution in [2.24, 2.45) is 5.73 Å². The average molecular weight is 237 g/mol. The molecule has 2 amide bonds. The summed E-state index contributed by atoms with van der Waals surface area (Å²) in [6, 6.07) is 4.42. The van der Waals surface area contributed by atoms with E-state index in [1.54, 1.807) is 18.2 Å². The van der Waals surface area contributed by atoms with Gasteiger partial charge in [-0.25, -0.2) is 4.79 Å². The van der Waals surface area contributed by atoms with Gasteiger partial charge < -0.3 is 5.73 Å². The summed E-state index contributed by atoms with van der Waals surface area (Å²) in [5, 5.41) is 0.919. The molecule has 0 aliphatic rings. The van der Waals surface area contributed by atoms with Gasteiger partial charge in [-0.15, -0.1) is 0 Å². The van der Waals surface area contributed by atoms with Crippen LogP contribution >= 0.6 is 35.1 Å². The molecular weight excluding hydrogens is 231 g/mol. The van der Waals surface area contributed by atoms with Gasteiger partial charge in [-0.05, 0) is 30.1 Å². The summed E-state index contributed by atoms with van der Waals surface area (Å²) in [6.45, 7) is 0. The second-order valence-corrected chi connectivity index (χ2v) is 3.84. The van der Waals surface area contributed by atoms with Gasteiger partial charge in [-0.2, -0.15) is 0 Å². The molecule has 0 radical (unpaired) electrons. The van der Waals surface area contributed by atoms with E-state index in [0.29, 0.717) is 10.0 Å². The van der Waals surface area contributed by atoms with Crippen LogP contribution in [0.1, 0.15) is 0 Å². The highest BCUT2D eigenvalue weighted by Gasteiger charge is 2.00. The Morgan fingerprint density at radius 1 is 1.38 bits per heavy atom. The monoisotopic (exact) mass is 236 g/mol. The van der Waals surface area contributed by atoms with Crippen LogP contribution in [-0.2, 0) is 0 Å². The molecule has 0 aliphatic carbocycles. The Labute approximate surface area is 89.7 Å². The second-order valence-electron chi connectivity index (χ2n) is 2.14. The number of benzene rings is 1. The summed E-state index contributed by atoms with van der Waals surface area (Å²) in [5.74, 6) is 0. The number of rotatable bonds is 2. The summed E-state index contributed by atoms with van der Waals surface area (Å²) in [4.78, 5) is 11.1. The third-order valence-corrected chi connectivity index (χ3v) is 2.69. The third kappa shape index (κ3) is 3.34. The Kier molecular flexibility index (Phi) is 3.71. The standard InChI is InChI=1S/C7H6Cl2N2OS/c8-5-2-1-4(3-6(5)9)13-11-7(10)12/h1-3H,(H3,10,11,12). The highest BCUT2D eigenvalue weighted by molar-refractivity contribution is 7.98. The number of hydrogen-bond acceptors (Lipinski definition) is 2. The van der Waals surface area contributed by atoms with Crippen molar-refractivity contribution < 1.29 is 4.79 Å². The zero-order valence-electron chi connectivity index (χ0n) is 6.38. The zero-order chi connectivity index (χ0) is 9.84. The van der Waals surface area contributed by atoms with Gasteiger partial charge in [0.2, 0.25) is 0 Å². The molecule has 3 N–H and O–H groups in total. The van der Waals surface area contributed by atoms with Crippen LogP contribution in [0.3, 0.4) is 0 Å². The Balaban J connectivity index is 2.68. The molecule has 6 heteroatoms. The minimum absolute atomic E-state index is 0.443. The molecule has 0 saturated heterocycles. The molecule has 0 spiro atoms. The number of primary amides is 1. The lowest BCUT2D eigenvalue weighted by atomic mass is 10.4. The molecule has 0 unspecified atom stereocenters. The minimum Gasteiger partial charge on any atom is -0.351 e. The van der Waals surface area contributed by atoms with Gasteiger partial charge >= 0.3 is 6.03 Å². The summed E-state index contributed by atoms with van der Waals surface area (Å²) in [6.07, 6.45) is 0. The number of nitrogens with two attached hydrogens (primary N) is 1. The lowest BCUT2D eigenvalue weighted by Crippen LogP contribution is -2.22. The number of carbonyl (C=O) groups is 1. The molecule has 13 heavy (non-hydrogen) atoms. The van der Waals surface area contributed by atoms with Crippen LogP contribution in [0.2, 0.25) is 10.0 Å². The van der Waals surface area contributed by atoms with Gasteiger partial charge in [0.05, 0.1) is 10.0 Å². The molecular formula is C7H6Cl2N2OS. The first-order chi connectivity index (χ1) is 6.09. The van der Waals surface area contributed by atoms with Crippen LogP contribution in [0.4, 0.5) is 4.79 Å². The Hall–Kier alpha value is -0.580. The number of halogens is 2. The van der Waals surface area contributed by atoms with E-state index >= 15 is 0 Å². The number of amides is 2. The van der Waals surface area contributed by atoms with Gasteiger partial charge in [-0.1, -0.05) is 23.2 Å². The van der Waals surface area contributed by atoms with Crippen LogP contribution < -0.4 is 10.5 Å². The minimum atomic E-state index is -0.601. The highest BCUT2D eigenvalue weighted by atomic mass is 35.5. The number of nitrogens with one attached hydrogen (secondary N) is 1. The molecule has 1 rings (SSSR count). The maximum atomic E-state index is 10.4. The van der Waals surface area contributed by atoms with Crippen molar-refractivity contribution in [1.82, 2.24) is 4.72 Å². The van der Waals surface area contributed by atoms with E-state index in [1.807, 2.05) is 0 Å². The molecule has 3 nitrogen and oxygen atoms in total. The first kappa shape index (κ1) is 10.5. The maximum absolute atomic E-state index is 10.4. The zero-order valence-corrected chi connectivity index (χ0v) is 8.71. The Morgan fingerprint density at radius 2 is 2.08 bits per heavy atom. The molecule has 0 atom stereocenters.